The van der Waals surface area contributed by atoms with E-state index in [0.29, 0.717) is 6.04 Å². The van der Waals surface area contributed by atoms with E-state index in [0.717, 1.165) is 23.7 Å². The van der Waals surface area contributed by atoms with Crippen LogP contribution in [0.5, 0.6) is 0 Å². The number of aryl methyl sites for hydroxylation is 1. The number of hydrogen-bond acceptors (Lipinski definition) is 3. The predicted octanol–water partition coefficient (Wildman–Crippen LogP) is 1.80. The second-order valence-electron chi connectivity index (χ2n) is 4.55. The average Bonchev–Trinajstić information content (AvgIpc) is 2.84. The Bertz CT molecular complexity index is 517. The first-order chi connectivity index (χ1) is 7.75. The maximum atomic E-state index is 4.62. The molecule has 0 aromatic carbocycles. The summed E-state index contributed by atoms with van der Waals surface area (Å²) in [6.45, 7) is 3.21. The highest BCUT2D eigenvalue weighted by Gasteiger charge is 2.26. The van der Waals surface area contributed by atoms with E-state index in [4.69, 9.17) is 0 Å². The second kappa shape index (κ2) is 3.56. The summed E-state index contributed by atoms with van der Waals surface area (Å²) in [7, 11) is 2.15. The van der Waals surface area contributed by atoms with Crippen molar-refractivity contribution in [3.63, 3.8) is 0 Å². The molecule has 1 aliphatic rings. The van der Waals surface area contributed by atoms with Gasteiger partial charge in [-0.1, -0.05) is 6.07 Å². The van der Waals surface area contributed by atoms with Gasteiger partial charge in [0.15, 0.2) is 11.5 Å². The van der Waals surface area contributed by atoms with Crippen LogP contribution in [0.4, 0.5) is 0 Å². The largest absolute Gasteiger partial charge is 0.296 e. The predicted molar refractivity (Wildman–Crippen MR) is 62.3 cm³/mol. The fourth-order valence-electron chi connectivity index (χ4n) is 2.43. The second-order valence-corrected chi connectivity index (χ2v) is 4.55. The summed E-state index contributed by atoms with van der Waals surface area (Å²) in [5.41, 5.74) is 2.09. The van der Waals surface area contributed by atoms with Crippen LogP contribution in [0.3, 0.4) is 0 Å². The molecule has 4 nitrogen and oxygen atoms in total. The molecule has 3 heterocycles. The van der Waals surface area contributed by atoms with E-state index >= 15 is 0 Å². The van der Waals surface area contributed by atoms with Crippen molar-refractivity contribution in [1.82, 2.24) is 19.5 Å². The Labute approximate surface area is 94.9 Å². The van der Waals surface area contributed by atoms with Gasteiger partial charge in [-0.25, -0.2) is 9.50 Å². The van der Waals surface area contributed by atoms with Crippen LogP contribution in [0.1, 0.15) is 30.4 Å². The standard InChI is InChI=1S/C12H16N4/c1-9-5-3-7-11-13-12(14-16(9)11)10-6-4-8-15(10)2/h3,5,7,10H,4,6,8H2,1-2H3. The highest BCUT2D eigenvalue weighted by Crippen LogP contribution is 2.28. The molecule has 1 fully saturated rings. The highest BCUT2D eigenvalue weighted by molar-refractivity contribution is 5.39. The summed E-state index contributed by atoms with van der Waals surface area (Å²) in [4.78, 5) is 6.95. The summed E-state index contributed by atoms with van der Waals surface area (Å²) in [5, 5.41) is 4.61. The molecule has 1 aliphatic heterocycles. The van der Waals surface area contributed by atoms with Crippen LogP contribution in [-0.4, -0.2) is 33.1 Å². The van der Waals surface area contributed by atoms with Crippen molar-refractivity contribution in [2.75, 3.05) is 13.6 Å². The Balaban J connectivity index is 2.08. The lowest BCUT2D eigenvalue weighted by Crippen LogP contribution is -2.18. The molecule has 0 aliphatic carbocycles. The van der Waals surface area contributed by atoms with Gasteiger partial charge in [0.1, 0.15) is 0 Å². The van der Waals surface area contributed by atoms with Crippen molar-refractivity contribution in [1.29, 1.82) is 0 Å². The van der Waals surface area contributed by atoms with Crippen LogP contribution in [0, 0.1) is 6.92 Å². The molecule has 2 aromatic heterocycles. The Hall–Kier alpha value is -1.42. The summed E-state index contributed by atoms with van der Waals surface area (Å²) >= 11 is 0. The Morgan fingerprint density at radius 1 is 1.38 bits per heavy atom. The first-order valence-corrected chi connectivity index (χ1v) is 5.78. The molecule has 1 saturated heterocycles. The summed E-state index contributed by atoms with van der Waals surface area (Å²) in [6, 6.07) is 6.50. The monoisotopic (exact) mass is 216 g/mol. The van der Waals surface area contributed by atoms with Gasteiger partial charge in [0.25, 0.3) is 0 Å². The first-order valence-electron chi connectivity index (χ1n) is 5.78. The third kappa shape index (κ3) is 1.41. The van der Waals surface area contributed by atoms with Crippen molar-refractivity contribution in [3.8, 4) is 0 Å². The van der Waals surface area contributed by atoms with Gasteiger partial charge in [0.2, 0.25) is 0 Å². The van der Waals surface area contributed by atoms with Gasteiger partial charge >= 0.3 is 0 Å². The number of likely N-dealkylation sites (tertiary alicyclic amines) is 1. The van der Waals surface area contributed by atoms with E-state index in [9.17, 15) is 0 Å². The van der Waals surface area contributed by atoms with Crippen molar-refractivity contribution < 1.29 is 0 Å². The molecule has 0 spiro atoms. The summed E-state index contributed by atoms with van der Waals surface area (Å²) < 4.78 is 1.93. The normalized spacial score (nSPS) is 22.0. The molecule has 3 rings (SSSR count). The summed E-state index contributed by atoms with van der Waals surface area (Å²) in [6.07, 6.45) is 2.42. The molecular weight excluding hydrogens is 200 g/mol. The average molecular weight is 216 g/mol. The molecule has 0 amide bonds. The van der Waals surface area contributed by atoms with Gasteiger partial charge in [-0.3, -0.25) is 4.90 Å². The zero-order valence-electron chi connectivity index (χ0n) is 9.72. The molecule has 0 saturated carbocycles. The van der Waals surface area contributed by atoms with Crippen LogP contribution in [0.25, 0.3) is 5.65 Å². The molecule has 84 valence electrons. The van der Waals surface area contributed by atoms with Crippen molar-refractivity contribution >= 4 is 5.65 Å². The molecule has 1 unspecified atom stereocenters. The Morgan fingerprint density at radius 2 is 2.25 bits per heavy atom. The molecule has 0 N–H and O–H groups in total. The van der Waals surface area contributed by atoms with Crippen LogP contribution in [0.2, 0.25) is 0 Å². The molecule has 16 heavy (non-hydrogen) atoms. The molecule has 2 aromatic rings. The number of aromatic nitrogens is 3. The quantitative estimate of drug-likeness (QED) is 0.729. The van der Waals surface area contributed by atoms with Crippen LogP contribution >= 0.6 is 0 Å². The fourth-order valence-corrected chi connectivity index (χ4v) is 2.43. The van der Waals surface area contributed by atoms with Crippen LogP contribution in [-0.2, 0) is 0 Å². The van der Waals surface area contributed by atoms with E-state index in [2.05, 4.69) is 35.0 Å². The van der Waals surface area contributed by atoms with Gasteiger partial charge in [-0.2, -0.15) is 0 Å². The SMILES string of the molecule is Cc1cccc2nc(C3CCCN3C)nn12. The maximum absolute atomic E-state index is 4.62. The van der Waals surface area contributed by atoms with Gasteiger partial charge in [0, 0.05) is 5.69 Å². The van der Waals surface area contributed by atoms with E-state index < -0.39 is 0 Å². The third-order valence-electron chi connectivity index (χ3n) is 3.38. The molecule has 4 heteroatoms. The topological polar surface area (TPSA) is 33.4 Å². The van der Waals surface area contributed by atoms with Crippen LogP contribution in [0.15, 0.2) is 18.2 Å². The lowest BCUT2D eigenvalue weighted by molar-refractivity contribution is 0.306. The lowest BCUT2D eigenvalue weighted by Gasteiger charge is -2.15. The zero-order valence-corrected chi connectivity index (χ0v) is 9.72. The minimum atomic E-state index is 0.402. The summed E-state index contributed by atoms with van der Waals surface area (Å²) in [5.74, 6) is 0.967. The highest BCUT2D eigenvalue weighted by atomic mass is 15.3. The van der Waals surface area contributed by atoms with E-state index in [1.807, 2.05) is 16.6 Å². The lowest BCUT2D eigenvalue weighted by atomic mass is 10.2. The van der Waals surface area contributed by atoms with Crippen molar-refractivity contribution in [3.05, 3.63) is 29.7 Å². The van der Waals surface area contributed by atoms with Crippen LogP contribution < -0.4 is 0 Å². The molecule has 0 radical (unpaired) electrons. The minimum absolute atomic E-state index is 0.402. The molecule has 0 bridgehead atoms. The number of hydrogen-bond donors (Lipinski definition) is 0. The molecule has 1 atom stereocenters. The zero-order chi connectivity index (χ0) is 11.1. The third-order valence-corrected chi connectivity index (χ3v) is 3.38. The first kappa shape index (κ1) is 9.78. The Morgan fingerprint density at radius 3 is 2.94 bits per heavy atom. The van der Waals surface area contributed by atoms with Gasteiger partial charge < -0.3 is 0 Å². The minimum Gasteiger partial charge on any atom is -0.296 e. The van der Waals surface area contributed by atoms with Gasteiger partial charge in [-0.15, -0.1) is 5.10 Å². The van der Waals surface area contributed by atoms with Crippen molar-refractivity contribution in [2.24, 2.45) is 0 Å². The van der Waals surface area contributed by atoms with Gasteiger partial charge in [0.05, 0.1) is 6.04 Å². The number of fused-ring (bicyclic) bond motifs is 1. The van der Waals surface area contributed by atoms with E-state index in [-0.39, 0.29) is 0 Å². The number of pyridine rings is 1. The number of nitrogens with zero attached hydrogens (tertiary/aromatic N) is 4. The maximum Gasteiger partial charge on any atom is 0.168 e. The van der Waals surface area contributed by atoms with E-state index in [1.165, 1.54) is 12.8 Å². The fraction of sp³-hybridized carbons (Fsp3) is 0.500. The Kier molecular flexibility index (Phi) is 2.17. The van der Waals surface area contributed by atoms with E-state index in [1.54, 1.807) is 0 Å². The molecular formula is C12H16N4. The van der Waals surface area contributed by atoms with Gasteiger partial charge in [-0.05, 0) is 45.5 Å². The smallest absolute Gasteiger partial charge is 0.168 e. The number of rotatable bonds is 1. The van der Waals surface area contributed by atoms with Crippen molar-refractivity contribution in [2.45, 2.75) is 25.8 Å².